The molecule has 20 heavy (non-hydrogen) atoms. The molecule has 2 rings (SSSR count). The fourth-order valence-corrected chi connectivity index (χ4v) is 3.13. The minimum atomic E-state index is -3.36. The molecule has 0 aliphatic carbocycles. The zero-order valence-electron chi connectivity index (χ0n) is 10.8. The molecule has 1 aromatic carbocycles. The molecule has 0 spiro atoms. The summed E-state index contributed by atoms with van der Waals surface area (Å²) in [4.78, 5) is 0. The SMILES string of the molecule is Cc1cc(NS(=O)(=O)CCCCl)ccc1-n1cnnn1. The van der Waals surface area contributed by atoms with Gasteiger partial charge in [0.25, 0.3) is 0 Å². The first kappa shape index (κ1) is 14.7. The number of rotatable bonds is 6. The summed E-state index contributed by atoms with van der Waals surface area (Å²) in [6, 6.07) is 5.16. The van der Waals surface area contributed by atoms with E-state index in [-0.39, 0.29) is 5.75 Å². The Balaban J connectivity index is 2.18. The lowest BCUT2D eigenvalue weighted by Gasteiger charge is -2.10. The fourth-order valence-electron chi connectivity index (χ4n) is 1.72. The van der Waals surface area contributed by atoms with Crippen molar-refractivity contribution >= 4 is 27.3 Å². The average Bonchev–Trinajstić information content (AvgIpc) is 2.90. The van der Waals surface area contributed by atoms with Gasteiger partial charge < -0.3 is 0 Å². The number of hydrogen-bond acceptors (Lipinski definition) is 5. The molecule has 1 aromatic heterocycles. The number of hydrogen-bond donors (Lipinski definition) is 1. The van der Waals surface area contributed by atoms with Crippen LogP contribution in [0.15, 0.2) is 24.5 Å². The van der Waals surface area contributed by atoms with Crippen LogP contribution in [0, 0.1) is 6.92 Å². The van der Waals surface area contributed by atoms with Crippen LogP contribution in [0.25, 0.3) is 5.69 Å². The highest BCUT2D eigenvalue weighted by atomic mass is 35.5. The van der Waals surface area contributed by atoms with Crippen molar-refractivity contribution in [1.29, 1.82) is 0 Å². The number of anilines is 1. The highest BCUT2D eigenvalue weighted by Crippen LogP contribution is 2.19. The summed E-state index contributed by atoms with van der Waals surface area (Å²) in [6.45, 7) is 1.85. The van der Waals surface area contributed by atoms with E-state index in [1.54, 1.807) is 18.2 Å². The Morgan fingerprint density at radius 1 is 1.40 bits per heavy atom. The van der Waals surface area contributed by atoms with Gasteiger partial charge in [-0.25, -0.2) is 13.1 Å². The van der Waals surface area contributed by atoms with Crippen molar-refractivity contribution in [3.8, 4) is 5.69 Å². The number of sulfonamides is 1. The first-order valence-electron chi connectivity index (χ1n) is 5.92. The third kappa shape index (κ3) is 3.67. The Morgan fingerprint density at radius 3 is 2.80 bits per heavy atom. The molecule has 0 saturated heterocycles. The lowest BCUT2D eigenvalue weighted by molar-refractivity contribution is 0.600. The third-order valence-corrected chi connectivity index (χ3v) is 4.25. The topological polar surface area (TPSA) is 89.8 Å². The predicted octanol–water partition coefficient (Wildman–Crippen LogP) is 1.34. The molecule has 0 aliphatic heterocycles. The Labute approximate surface area is 122 Å². The first-order valence-corrected chi connectivity index (χ1v) is 8.11. The van der Waals surface area contributed by atoms with Crippen LogP contribution in [0.1, 0.15) is 12.0 Å². The zero-order chi connectivity index (χ0) is 14.6. The fraction of sp³-hybridized carbons (Fsp3) is 0.364. The van der Waals surface area contributed by atoms with Crippen LogP contribution in [-0.4, -0.2) is 40.3 Å². The largest absolute Gasteiger partial charge is 0.284 e. The van der Waals surface area contributed by atoms with Crippen molar-refractivity contribution in [1.82, 2.24) is 20.2 Å². The third-order valence-electron chi connectivity index (χ3n) is 2.61. The summed E-state index contributed by atoms with van der Waals surface area (Å²) in [6.07, 6.45) is 1.89. The second-order valence-electron chi connectivity index (χ2n) is 4.22. The van der Waals surface area contributed by atoms with Crippen LogP contribution in [0.4, 0.5) is 5.69 Å². The van der Waals surface area contributed by atoms with Crippen molar-refractivity contribution in [3.05, 3.63) is 30.1 Å². The summed E-state index contributed by atoms with van der Waals surface area (Å²) in [5.74, 6) is 0.322. The predicted molar refractivity (Wildman–Crippen MR) is 76.6 cm³/mol. The molecule has 7 nitrogen and oxygen atoms in total. The molecule has 0 amide bonds. The van der Waals surface area contributed by atoms with Crippen LogP contribution < -0.4 is 4.72 Å². The summed E-state index contributed by atoms with van der Waals surface area (Å²) < 4.78 is 27.6. The summed E-state index contributed by atoms with van der Waals surface area (Å²) >= 11 is 5.50. The van der Waals surface area contributed by atoms with E-state index in [4.69, 9.17) is 11.6 Å². The number of aromatic nitrogens is 4. The van der Waals surface area contributed by atoms with Gasteiger partial charge in [0.15, 0.2) is 0 Å². The number of nitrogens with one attached hydrogen (secondary N) is 1. The number of nitrogens with zero attached hydrogens (tertiary/aromatic N) is 4. The Morgan fingerprint density at radius 2 is 2.20 bits per heavy atom. The van der Waals surface area contributed by atoms with E-state index in [9.17, 15) is 8.42 Å². The number of benzene rings is 1. The molecular weight excluding hydrogens is 302 g/mol. The maximum absolute atomic E-state index is 11.8. The van der Waals surface area contributed by atoms with E-state index in [1.807, 2.05) is 6.92 Å². The van der Waals surface area contributed by atoms with Gasteiger partial charge in [0, 0.05) is 11.6 Å². The monoisotopic (exact) mass is 315 g/mol. The van der Waals surface area contributed by atoms with E-state index >= 15 is 0 Å². The lowest BCUT2D eigenvalue weighted by atomic mass is 10.2. The molecule has 0 aliphatic rings. The van der Waals surface area contributed by atoms with Gasteiger partial charge in [0.2, 0.25) is 10.0 Å². The Bertz CT molecular complexity index is 672. The number of alkyl halides is 1. The number of halogens is 1. The molecule has 0 saturated carbocycles. The molecule has 0 atom stereocenters. The number of aryl methyl sites for hydroxylation is 1. The minimum Gasteiger partial charge on any atom is -0.284 e. The van der Waals surface area contributed by atoms with Crippen molar-refractivity contribution in [2.24, 2.45) is 0 Å². The summed E-state index contributed by atoms with van der Waals surface area (Å²) in [7, 11) is -3.36. The highest BCUT2D eigenvalue weighted by molar-refractivity contribution is 7.92. The number of tetrazole rings is 1. The first-order chi connectivity index (χ1) is 9.52. The van der Waals surface area contributed by atoms with Crippen molar-refractivity contribution in [3.63, 3.8) is 0 Å². The van der Waals surface area contributed by atoms with Gasteiger partial charge in [-0.15, -0.1) is 16.7 Å². The van der Waals surface area contributed by atoms with E-state index in [2.05, 4.69) is 20.2 Å². The van der Waals surface area contributed by atoms with Gasteiger partial charge in [0.1, 0.15) is 6.33 Å². The molecule has 1 N–H and O–H groups in total. The second-order valence-corrected chi connectivity index (χ2v) is 6.44. The second kappa shape index (κ2) is 6.19. The molecule has 0 bridgehead atoms. The molecule has 9 heteroatoms. The van der Waals surface area contributed by atoms with Gasteiger partial charge in [-0.1, -0.05) is 0 Å². The minimum absolute atomic E-state index is 0.00426. The molecule has 0 unspecified atom stereocenters. The standard InChI is InChI=1S/C11H14ClN5O2S/c1-9-7-10(14-20(18,19)6-2-5-12)3-4-11(9)17-8-13-15-16-17/h3-4,7-8,14H,2,5-6H2,1H3. The smallest absolute Gasteiger partial charge is 0.232 e. The molecule has 108 valence electrons. The van der Waals surface area contributed by atoms with Crippen molar-refractivity contribution in [2.75, 3.05) is 16.4 Å². The van der Waals surface area contributed by atoms with Crippen molar-refractivity contribution in [2.45, 2.75) is 13.3 Å². The molecule has 0 radical (unpaired) electrons. The normalized spacial score (nSPS) is 11.5. The van der Waals surface area contributed by atoms with E-state index < -0.39 is 10.0 Å². The van der Waals surface area contributed by atoms with E-state index in [1.165, 1.54) is 11.0 Å². The van der Waals surface area contributed by atoms with Crippen LogP contribution in [-0.2, 0) is 10.0 Å². The average molecular weight is 316 g/mol. The van der Waals surface area contributed by atoms with Crippen LogP contribution >= 0.6 is 11.6 Å². The van der Waals surface area contributed by atoms with Crippen LogP contribution in [0.5, 0.6) is 0 Å². The zero-order valence-corrected chi connectivity index (χ0v) is 12.4. The molecule has 0 fully saturated rings. The Kier molecular flexibility index (Phi) is 4.56. The van der Waals surface area contributed by atoms with Gasteiger partial charge in [-0.3, -0.25) is 4.72 Å². The summed E-state index contributed by atoms with van der Waals surface area (Å²) in [5, 5.41) is 10.9. The maximum atomic E-state index is 11.8. The van der Waals surface area contributed by atoms with Crippen LogP contribution in [0.3, 0.4) is 0 Å². The van der Waals surface area contributed by atoms with Gasteiger partial charge in [-0.05, 0) is 47.5 Å². The quantitative estimate of drug-likeness (QED) is 0.812. The lowest BCUT2D eigenvalue weighted by Crippen LogP contribution is -2.17. The van der Waals surface area contributed by atoms with E-state index in [0.29, 0.717) is 18.0 Å². The summed E-state index contributed by atoms with van der Waals surface area (Å²) in [5.41, 5.74) is 2.16. The van der Waals surface area contributed by atoms with Crippen LogP contribution in [0.2, 0.25) is 0 Å². The molecule has 2 aromatic rings. The highest BCUT2D eigenvalue weighted by Gasteiger charge is 2.11. The molecule has 1 heterocycles. The van der Waals surface area contributed by atoms with E-state index in [0.717, 1.165) is 11.3 Å². The van der Waals surface area contributed by atoms with Gasteiger partial charge in [0.05, 0.1) is 11.4 Å². The molecular formula is C11H14ClN5O2S. The van der Waals surface area contributed by atoms with Crippen molar-refractivity contribution < 1.29 is 8.42 Å². The van der Waals surface area contributed by atoms with Gasteiger partial charge in [-0.2, -0.15) is 0 Å². The Hall–Kier alpha value is -1.67. The van der Waals surface area contributed by atoms with Gasteiger partial charge >= 0.3 is 0 Å². The maximum Gasteiger partial charge on any atom is 0.232 e.